The van der Waals surface area contributed by atoms with Crippen molar-refractivity contribution in [3.05, 3.63) is 22.2 Å². The van der Waals surface area contributed by atoms with Gasteiger partial charge in [-0.1, -0.05) is 26.7 Å². The van der Waals surface area contributed by atoms with Crippen molar-refractivity contribution in [3.8, 4) is 11.5 Å². The lowest BCUT2D eigenvalue weighted by molar-refractivity contribution is 0.170. The molecule has 0 spiro atoms. The maximum absolute atomic E-state index is 5.69. The van der Waals surface area contributed by atoms with Gasteiger partial charge in [0, 0.05) is 12.6 Å². The Labute approximate surface area is 135 Å². The monoisotopic (exact) mass is 353 g/mol. The molecule has 1 aromatic carbocycles. The van der Waals surface area contributed by atoms with Gasteiger partial charge in [-0.3, -0.25) is 0 Å². The second-order valence-electron chi connectivity index (χ2n) is 6.36. The third kappa shape index (κ3) is 3.37. The van der Waals surface area contributed by atoms with Gasteiger partial charge in [0.05, 0.1) is 4.47 Å². The van der Waals surface area contributed by atoms with Gasteiger partial charge in [0.15, 0.2) is 11.5 Å². The zero-order valence-corrected chi connectivity index (χ0v) is 14.4. The zero-order valence-electron chi connectivity index (χ0n) is 12.8. The molecule has 1 aliphatic carbocycles. The number of benzene rings is 1. The highest BCUT2D eigenvalue weighted by Crippen LogP contribution is 2.38. The minimum absolute atomic E-state index is 0.626. The van der Waals surface area contributed by atoms with E-state index >= 15 is 0 Å². The number of hydrogen-bond acceptors (Lipinski definition) is 3. The Hall–Kier alpha value is -0.740. The van der Waals surface area contributed by atoms with Gasteiger partial charge in [0.2, 0.25) is 0 Å². The molecule has 116 valence electrons. The van der Waals surface area contributed by atoms with Crippen LogP contribution in [0.1, 0.15) is 38.7 Å². The highest BCUT2D eigenvalue weighted by Gasteiger charge is 2.26. The summed E-state index contributed by atoms with van der Waals surface area (Å²) in [6, 6.07) is 4.86. The van der Waals surface area contributed by atoms with Crippen LogP contribution in [0.5, 0.6) is 11.5 Å². The summed E-state index contributed by atoms with van der Waals surface area (Å²) in [5, 5.41) is 3.73. The molecule has 1 saturated carbocycles. The average Bonchev–Trinajstić information content (AvgIpc) is 2.49. The van der Waals surface area contributed by atoms with Gasteiger partial charge in [-0.15, -0.1) is 0 Å². The number of fused-ring (bicyclic) bond motifs is 1. The van der Waals surface area contributed by atoms with Crippen molar-refractivity contribution < 1.29 is 9.47 Å². The molecule has 0 aromatic heterocycles. The van der Waals surface area contributed by atoms with Crippen LogP contribution in [-0.2, 0) is 6.54 Å². The molecule has 1 aromatic rings. The first-order valence-corrected chi connectivity index (χ1v) is 8.76. The van der Waals surface area contributed by atoms with E-state index in [0.717, 1.165) is 34.4 Å². The predicted molar refractivity (Wildman–Crippen MR) is 87.9 cm³/mol. The molecule has 0 radical (unpaired) electrons. The average molecular weight is 354 g/mol. The van der Waals surface area contributed by atoms with E-state index in [1.807, 2.05) is 0 Å². The van der Waals surface area contributed by atoms with Gasteiger partial charge in [-0.05, 0) is 51.9 Å². The van der Waals surface area contributed by atoms with Crippen molar-refractivity contribution in [2.24, 2.45) is 11.8 Å². The van der Waals surface area contributed by atoms with Crippen LogP contribution in [0.25, 0.3) is 0 Å². The van der Waals surface area contributed by atoms with Gasteiger partial charge in [-0.2, -0.15) is 0 Å². The van der Waals surface area contributed by atoms with Crippen molar-refractivity contribution in [1.82, 2.24) is 5.32 Å². The van der Waals surface area contributed by atoms with Gasteiger partial charge >= 0.3 is 0 Å². The lowest BCUT2D eigenvalue weighted by Crippen LogP contribution is -2.40. The molecule has 3 nitrogen and oxygen atoms in total. The minimum atomic E-state index is 0.626. The van der Waals surface area contributed by atoms with Gasteiger partial charge < -0.3 is 14.8 Å². The summed E-state index contributed by atoms with van der Waals surface area (Å²) in [6.07, 6.45) is 4.00. The third-order valence-electron chi connectivity index (χ3n) is 4.93. The number of nitrogens with one attached hydrogen (secondary N) is 1. The molecule has 0 amide bonds. The third-order valence-corrected chi connectivity index (χ3v) is 5.52. The first kappa shape index (κ1) is 15.2. The number of halogens is 1. The number of hydrogen-bond donors (Lipinski definition) is 1. The van der Waals surface area contributed by atoms with E-state index in [1.165, 1.54) is 24.8 Å². The van der Waals surface area contributed by atoms with Crippen LogP contribution in [-0.4, -0.2) is 19.3 Å². The Kier molecular flexibility index (Phi) is 4.75. The normalized spacial score (nSPS) is 28.4. The van der Waals surface area contributed by atoms with E-state index in [2.05, 4.69) is 47.2 Å². The molecule has 1 aliphatic heterocycles. The molecule has 21 heavy (non-hydrogen) atoms. The van der Waals surface area contributed by atoms with Crippen molar-refractivity contribution in [2.75, 3.05) is 13.2 Å². The molecule has 2 aliphatic rings. The van der Waals surface area contributed by atoms with E-state index < -0.39 is 0 Å². The smallest absolute Gasteiger partial charge is 0.175 e. The Morgan fingerprint density at radius 2 is 2.00 bits per heavy atom. The fourth-order valence-corrected chi connectivity index (χ4v) is 3.99. The van der Waals surface area contributed by atoms with E-state index in [1.54, 1.807) is 0 Å². The molecular formula is C17H24BrNO2. The van der Waals surface area contributed by atoms with Gasteiger partial charge in [-0.25, -0.2) is 0 Å². The van der Waals surface area contributed by atoms with Crippen LogP contribution in [0.4, 0.5) is 0 Å². The Balaban J connectivity index is 1.66. The van der Waals surface area contributed by atoms with Crippen LogP contribution in [0.3, 0.4) is 0 Å². The molecule has 0 bridgehead atoms. The number of rotatable bonds is 3. The topological polar surface area (TPSA) is 30.5 Å². The molecule has 0 saturated heterocycles. The fourth-order valence-electron chi connectivity index (χ4n) is 3.39. The Bertz CT molecular complexity index is 506. The maximum Gasteiger partial charge on any atom is 0.175 e. The van der Waals surface area contributed by atoms with E-state index in [4.69, 9.17) is 9.47 Å². The lowest BCUT2D eigenvalue weighted by atomic mass is 9.78. The fraction of sp³-hybridized carbons (Fsp3) is 0.647. The predicted octanol–water partition coefficient (Wildman–Crippen LogP) is 4.13. The molecule has 1 heterocycles. The van der Waals surface area contributed by atoms with Crippen LogP contribution in [0.2, 0.25) is 0 Å². The summed E-state index contributed by atoms with van der Waals surface area (Å²) in [5.41, 5.74) is 1.25. The van der Waals surface area contributed by atoms with Gasteiger partial charge in [0.1, 0.15) is 13.2 Å². The second kappa shape index (κ2) is 6.57. The highest BCUT2D eigenvalue weighted by atomic mass is 79.9. The molecule has 1 fully saturated rings. The first-order chi connectivity index (χ1) is 10.1. The van der Waals surface area contributed by atoms with Crippen LogP contribution in [0, 0.1) is 11.8 Å². The first-order valence-electron chi connectivity index (χ1n) is 7.96. The summed E-state index contributed by atoms with van der Waals surface area (Å²) in [5.74, 6) is 3.27. The Morgan fingerprint density at radius 1 is 1.19 bits per heavy atom. The maximum atomic E-state index is 5.69. The zero-order chi connectivity index (χ0) is 14.8. The summed E-state index contributed by atoms with van der Waals surface area (Å²) < 4.78 is 12.3. The van der Waals surface area contributed by atoms with Gasteiger partial charge in [0.25, 0.3) is 0 Å². The quantitative estimate of drug-likeness (QED) is 0.885. The number of ether oxygens (including phenoxy) is 2. The van der Waals surface area contributed by atoms with Crippen molar-refractivity contribution in [1.29, 1.82) is 0 Å². The summed E-state index contributed by atoms with van der Waals surface area (Å²) in [6.45, 7) is 6.89. The molecule has 4 heteroatoms. The lowest BCUT2D eigenvalue weighted by Gasteiger charge is -2.35. The molecule has 3 atom stereocenters. The van der Waals surface area contributed by atoms with Crippen LogP contribution >= 0.6 is 15.9 Å². The van der Waals surface area contributed by atoms with E-state index in [-0.39, 0.29) is 0 Å². The SMILES string of the molecule is CC1CCCC(NCc2cc(Br)c3c(c2)OCCO3)C1C. The van der Waals surface area contributed by atoms with Crippen molar-refractivity contribution in [2.45, 2.75) is 45.7 Å². The largest absolute Gasteiger partial charge is 0.486 e. The molecular weight excluding hydrogens is 330 g/mol. The van der Waals surface area contributed by atoms with E-state index in [0.29, 0.717) is 19.3 Å². The van der Waals surface area contributed by atoms with Crippen LogP contribution in [0.15, 0.2) is 16.6 Å². The highest BCUT2D eigenvalue weighted by molar-refractivity contribution is 9.10. The summed E-state index contributed by atoms with van der Waals surface area (Å²) in [7, 11) is 0. The van der Waals surface area contributed by atoms with E-state index in [9.17, 15) is 0 Å². The summed E-state index contributed by atoms with van der Waals surface area (Å²) >= 11 is 3.59. The minimum Gasteiger partial charge on any atom is -0.486 e. The molecule has 1 N–H and O–H groups in total. The molecule has 3 unspecified atom stereocenters. The van der Waals surface area contributed by atoms with Crippen LogP contribution < -0.4 is 14.8 Å². The molecule has 3 rings (SSSR count). The second-order valence-corrected chi connectivity index (χ2v) is 7.21. The van der Waals surface area contributed by atoms with Crippen molar-refractivity contribution >= 4 is 15.9 Å². The van der Waals surface area contributed by atoms with Crippen molar-refractivity contribution in [3.63, 3.8) is 0 Å². The standard InChI is InChI=1S/C17H24BrNO2/c1-11-4-3-5-15(12(11)2)19-10-13-8-14(18)17-16(9-13)20-6-7-21-17/h8-9,11-12,15,19H,3-7,10H2,1-2H3. The Morgan fingerprint density at radius 3 is 2.86 bits per heavy atom. The summed E-state index contributed by atoms with van der Waals surface area (Å²) in [4.78, 5) is 0.